The number of ether oxygens (including phenoxy) is 2. The van der Waals surface area contributed by atoms with Crippen LogP contribution in [0.2, 0.25) is 0 Å². The molecule has 0 aromatic heterocycles. The summed E-state index contributed by atoms with van der Waals surface area (Å²) in [6.07, 6.45) is 0.0694. The second-order valence-electron chi connectivity index (χ2n) is 8.26. The van der Waals surface area contributed by atoms with Crippen molar-refractivity contribution < 1.29 is 33.0 Å². The molecule has 2 atom stereocenters. The second kappa shape index (κ2) is 13.2. The zero-order chi connectivity index (χ0) is 25.2. The third-order valence-corrected chi connectivity index (χ3v) is 5.85. The summed E-state index contributed by atoms with van der Waals surface area (Å²) in [4.78, 5) is 49.5. The quantitative estimate of drug-likeness (QED) is 0.439. The van der Waals surface area contributed by atoms with Gasteiger partial charge in [-0.3, -0.25) is 14.4 Å². The van der Waals surface area contributed by atoms with Crippen LogP contribution >= 0.6 is 11.8 Å². The average Bonchev–Trinajstić information content (AvgIpc) is 2.70. The molecule has 0 saturated carbocycles. The monoisotopic (exact) mass is 484 g/mol. The topological polar surface area (TPSA) is 111 Å². The van der Waals surface area contributed by atoms with Crippen LogP contribution in [-0.4, -0.2) is 52.9 Å². The highest BCUT2D eigenvalue weighted by molar-refractivity contribution is 8.14. The van der Waals surface area contributed by atoms with E-state index in [-0.39, 0.29) is 30.7 Å². The highest BCUT2D eigenvalue weighted by atomic mass is 32.2. The van der Waals surface area contributed by atoms with Crippen molar-refractivity contribution in [3.8, 4) is 5.75 Å². The van der Waals surface area contributed by atoms with Crippen LogP contribution in [0.4, 0.5) is 4.39 Å². The summed E-state index contributed by atoms with van der Waals surface area (Å²) in [6, 6.07) is 4.53. The third kappa shape index (κ3) is 9.81. The Hall–Kier alpha value is -2.62. The van der Waals surface area contributed by atoms with E-state index in [1.807, 2.05) is 13.8 Å². The zero-order valence-corrected chi connectivity index (χ0v) is 20.7. The van der Waals surface area contributed by atoms with Crippen LogP contribution in [0, 0.1) is 11.7 Å². The van der Waals surface area contributed by atoms with Gasteiger partial charge in [-0.2, -0.15) is 0 Å². The highest BCUT2D eigenvalue weighted by Gasteiger charge is 2.36. The lowest BCUT2D eigenvalue weighted by Crippen LogP contribution is -2.59. The van der Waals surface area contributed by atoms with Gasteiger partial charge in [-0.25, -0.2) is 9.18 Å². The predicted molar refractivity (Wildman–Crippen MR) is 124 cm³/mol. The highest BCUT2D eigenvalue weighted by Crippen LogP contribution is 2.21. The summed E-state index contributed by atoms with van der Waals surface area (Å²) in [6.45, 7) is 9.78. The molecule has 0 aliphatic carbocycles. The molecule has 0 bridgehead atoms. The van der Waals surface area contributed by atoms with Gasteiger partial charge in [0.2, 0.25) is 11.8 Å². The van der Waals surface area contributed by atoms with Crippen LogP contribution in [0.1, 0.15) is 48.0 Å². The summed E-state index contributed by atoms with van der Waals surface area (Å²) in [5.41, 5.74) is -1.37. The summed E-state index contributed by atoms with van der Waals surface area (Å²) in [7, 11) is 0. The molecular formula is C23H33FN2O6S. The Kier molecular flexibility index (Phi) is 11.3. The molecule has 2 amide bonds. The number of esters is 1. The van der Waals surface area contributed by atoms with Crippen LogP contribution in [0.5, 0.6) is 5.75 Å². The van der Waals surface area contributed by atoms with E-state index in [1.54, 1.807) is 13.0 Å². The van der Waals surface area contributed by atoms with Crippen molar-refractivity contribution in [2.45, 2.75) is 64.8 Å². The predicted octanol–water partition coefficient (Wildman–Crippen LogP) is 2.84. The first-order valence-electron chi connectivity index (χ1n) is 10.7. The minimum atomic E-state index is -1.37. The van der Waals surface area contributed by atoms with E-state index in [0.717, 1.165) is 11.8 Å². The van der Waals surface area contributed by atoms with Crippen molar-refractivity contribution in [3.05, 3.63) is 30.1 Å². The van der Waals surface area contributed by atoms with Gasteiger partial charge >= 0.3 is 5.97 Å². The first kappa shape index (κ1) is 28.4. The molecule has 0 radical (unpaired) electrons. The van der Waals surface area contributed by atoms with Crippen LogP contribution < -0.4 is 15.4 Å². The van der Waals surface area contributed by atoms with E-state index in [0.29, 0.717) is 5.75 Å². The third-order valence-electron chi connectivity index (χ3n) is 4.51. The van der Waals surface area contributed by atoms with Crippen molar-refractivity contribution in [1.82, 2.24) is 10.6 Å². The Morgan fingerprint density at radius 3 is 2.39 bits per heavy atom. The number of amides is 2. The fourth-order valence-corrected chi connectivity index (χ4v) is 3.58. The van der Waals surface area contributed by atoms with Crippen LogP contribution in [-0.2, 0) is 23.9 Å². The molecule has 2 unspecified atom stereocenters. The lowest BCUT2D eigenvalue weighted by atomic mass is 10.0. The van der Waals surface area contributed by atoms with E-state index < -0.39 is 40.4 Å². The van der Waals surface area contributed by atoms with Gasteiger partial charge in [0.1, 0.15) is 23.1 Å². The molecule has 1 aromatic carbocycles. The summed E-state index contributed by atoms with van der Waals surface area (Å²) in [5.74, 6) is -2.00. The molecule has 0 saturated heterocycles. The first-order chi connectivity index (χ1) is 15.4. The van der Waals surface area contributed by atoms with Gasteiger partial charge in [-0.05, 0) is 38.8 Å². The van der Waals surface area contributed by atoms with E-state index in [4.69, 9.17) is 9.47 Å². The number of nitrogens with one attached hydrogen (secondary N) is 2. The Labute approximate surface area is 198 Å². The Morgan fingerprint density at radius 1 is 1.18 bits per heavy atom. The van der Waals surface area contributed by atoms with Gasteiger partial charge in [0, 0.05) is 19.4 Å². The summed E-state index contributed by atoms with van der Waals surface area (Å²) < 4.78 is 23.8. The molecular weight excluding hydrogens is 451 g/mol. The van der Waals surface area contributed by atoms with Gasteiger partial charge in [0.15, 0.2) is 5.12 Å². The van der Waals surface area contributed by atoms with E-state index in [9.17, 15) is 23.6 Å². The number of hydrogen-bond acceptors (Lipinski definition) is 7. The number of halogens is 1. The summed E-state index contributed by atoms with van der Waals surface area (Å²) >= 11 is 0.904. The van der Waals surface area contributed by atoms with Gasteiger partial charge in [-0.15, -0.1) is 0 Å². The SMILES string of the molecule is CCOC(=O)C(CCOc1cccc(F)c1)NC(=O)C(C)(C)NC(=O)C(SC(C)=O)C(C)C. The van der Waals surface area contributed by atoms with Gasteiger partial charge in [0.25, 0.3) is 0 Å². The number of carbonyl (C=O) groups excluding carboxylic acids is 4. The van der Waals surface area contributed by atoms with Gasteiger partial charge < -0.3 is 20.1 Å². The number of hydrogen-bond donors (Lipinski definition) is 2. The van der Waals surface area contributed by atoms with Gasteiger partial charge in [0.05, 0.1) is 18.5 Å². The van der Waals surface area contributed by atoms with Crippen molar-refractivity contribution in [2.75, 3.05) is 13.2 Å². The number of carbonyl (C=O) groups is 4. The molecule has 0 fully saturated rings. The zero-order valence-electron chi connectivity index (χ0n) is 19.9. The van der Waals surface area contributed by atoms with Crippen LogP contribution in [0.3, 0.4) is 0 Å². The summed E-state index contributed by atoms with van der Waals surface area (Å²) in [5, 5.41) is 4.40. The molecule has 0 spiro atoms. The molecule has 0 heterocycles. The smallest absolute Gasteiger partial charge is 0.328 e. The molecule has 1 rings (SSSR count). The van der Waals surface area contributed by atoms with Crippen molar-refractivity contribution >= 4 is 34.7 Å². The maximum absolute atomic E-state index is 13.3. The minimum Gasteiger partial charge on any atom is -0.493 e. The number of rotatable bonds is 12. The largest absolute Gasteiger partial charge is 0.493 e. The standard InChI is InChI=1S/C23H33FN2O6S/c1-7-31-21(29)18(11-12-32-17-10-8-9-16(24)13-17)25-22(30)23(5,6)26-20(28)19(14(2)3)33-15(4)27/h8-10,13-14,18-19H,7,11-12H2,1-6H3,(H,25,30)(H,26,28). The van der Waals surface area contributed by atoms with Crippen LogP contribution in [0.25, 0.3) is 0 Å². The van der Waals surface area contributed by atoms with Crippen LogP contribution in [0.15, 0.2) is 24.3 Å². The normalized spacial score (nSPS) is 13.1. The maximum Gasteiger partial charge on any atom is 0.328 e. The molecule has 33 heavy (non-hydrogen) atoms. The Bertz CT molecular complexity index is 846. The maximum atomic E-state index is 13.3. The molecule has 0 aliphatic heterocycles. The number of thioether (sulfide) groups is 1. The van der Waals surface area contributed by atoms with E-state index >= 15 is 0 Å². The van der Waals surface area contributed by atoms with Crippen molar-refractivity contribution in [3.63, 3.8) is 0 Å². The fraction of sp³-hybridized carbons (Fsp3) is 0.565. The number of benzene rings is 1. The second-order valence-corrected chi connectivity index (χ2v) is 9.58. The molecule has 8 nitrogen and oxygen atoms in total. The Morgan fingerprint density at radius 2 is 1.85 bits per heavy atom. The fourth-order valence-electron chi connectivity index (χ4n) is 2.79. The van der Waals surface area contributed by atoms with Crippen molar-refractivity contribution in [1.29, 1.82) is 0 Å². The van der Waals surface area contributed by atoms with E-state index in [1.165, 1.54) is 39.0 Å². The average molecular weight is 485 g/mol. The van der Waals surface area contributed by atoms with E-state index in [2.05, 4.69) is 10.6 Å². The minimum absolute atomic E-state index is 0.0185. The lowest BCUT2D eigenvalue weighted by Gasteiger charge is -2.30. The van der Waals surface area contributed by atoms with Gasteiger partial charge in [-0.1, -0.05) is 31.7 Å². The molecule has 2 N–H and O–H groups in total. The first-order valence-corrected chi connectivity index (χ1v) is 11.6. The molecule has 10 heteroatoms. The molecule has 1 aromatic rings. The molecule has 0 aliphatic rings. The Balaban J connectivity index is 2.83. The molecule has 184 valence electrons. The van der Waals surface area contributed by atoms with Crippen molar-refractivity contribution in [2.24, 2.45) is 5.92 Å². The lowest BCUT2D eigenvalue weighted by molar-refractivity contribution is -0.148.